The van der Waals surface area contributed by atoms with Crippen LogP contribution < -0.4 is 0 Å². The average Bonchev–Trinajstić information content (AvgIpc) is 3.25. The molecule has 1 fully saturated rings. The van der Waals surface area contributed by atoms with E-state index in [2.05, 4.69) is 16.8 Å². The second kappa shape index (κ2) is 7.66. The monoisotopic (exact) mass is 342 g/mol. The fourth-order valence-corrected chi connectivity index (χ4v) is 4.06. The van der Waals surface area contributed by atoms with Gasteiger partial charge in [-0.25, -0.2) is 0 Å². The van der Waals surface area contributed by atoms with Crippen molar-refractivity contribution in [2.75, 3.05) is 13.1 Å². The van der Waals surface area contributed by atoms with Crippen LogP contribution in [-0.4, -0.2) is 38.7 Å². The number of amides is 1. The summed E-state index contributed by atoms with van der Waals surface area (Å²) < 4.78 is 1.99. The summed E-state index contributed by atoms with van der Waals surface area (Å²) in [7, 11) is 0. The standard InChI is InChI=1S/C18H22N4OS/c1-3-11-22-14(2)19-20-18(22)24-16(15-9-5-4-6-10-15)17(23)21-12-7-8-13-21/h3-6,9-10,16H,1,7-8,11-13H2,2H3. The molecule has 1 aliphatic rings. The summed E-state index contributed by atoms with van der Waals surface area (Å²) >= 11 is 1.47. The number of carbonyl (C=O) groups is 1. The van der Waals surface area contributed by atoms with E-state index < -0.39 is 0 Å². The van der Waals surface area contributed by atoms with E-state index in [0.29, 0.717) is 6.54 Å². The average molecular weight is 342 g/mol. The summed E-state index contributed by atoms with van der Waals surface area (Å²) in [5.74, 6) is 0.993. The van der Waals surface area contributed by atoms with Crippen molar-refractivity contribution < 1.29 is 4.79 Å². The lowest BCUT2D eigenvalue weighted by Crippen LogP contribution is -2.31. The number of hydrogen-bond donors (Lipinski definition) is 0. The lowest BCUT2D eigenvalue weighted by atomic mass is 10.1. The van der Waals surface area contributed by atoms with E-state index >= 15 is 0 Å². The predicted molar refractivity (Wildman–Crippen MR) is 95.8 cm³/mol. The lowest BCUT2D eigenvalue weighted by Gasteiger charge is -2.23. The number of benzene rings is 1. The summed E-state index contributed by atoms with van der Waals surface area (Å²) in [5, 5.41) is 8.89. The van der Waals surface area contributed by atoms with E-state index in [-0.39, 0.29) is 11.2 Å². The largest absolute Gasteiger partial charge is 0.341 e. The maximum atomic E-state index is 13.1. The third-order valence-electron chi connectivity index (χ3n) is 4.18. The SMILES string of the molecule is C=CCn1c(C)nnc1SC(C(=O)N1CCCC1)c1ccccc1. The van der Waals surface area contributed by atoms with Gasteiger partial charge in [0.2, 0.25) is 5.91 Å². The van der Waals surface area contributed by atoms with Gasteiger partial charge in [0.1, 0.15) is 11.1 Å². The Balaban J connectivity index is 1.90. The Hall–Kier alpha value is -2.08. The Morgan fingerprint density at radius 1 is 1.29 bits per heavy atom. The molecule has 2 aromatic rings. The summed E-state index contributed by atoms with van der Waals surface area (Å²) in [4.78, 5) is 15.0. The fourth-order valence-electron chi connectivity index (χ4n) is 2.89. The molecule has 1 unspecified atom stereocenters. The zero-order chi connectivity index (χ0) is 16.9. The van der Waals surface area contributed by atoms with E-state index in [1.54, 1.807) is 0 Å². The molecule has 1 aromatic carbocycles. The smallest absolute Gasteiger partial charge is 0.240 e. The van der Waals surface area contributed by atoms with Crippen LogP contribution in [0.5, 0.6) is 0 Å². The third kappa shape index (κ3) is 3.53. The number of aromatic nitrogens is 3. The van der Waals surface area contributed by atoms with Gasteiger partial charge in [0.25, 0.3) is 0 Å². The van der Waals surface area contributed by atoms with Gasteiger partial charge in [-0.2, -0.15) is 0 Å². The highest BCUT2D eigenvalue weighted by Gasteiger charge is 2.30. The summed E-state index contributed by atoms with van der Waals surface area (Å²) in [6.07, 6.45) is 3.99. The van der Waals surface area contributed by atoms with Crippen molar-refractivity contribution in [3.63, 3.8) is 0 Å². The van der Waals surface area contributed by atoms with Crippen molar-refractivity contribution in [2.24, 2.45) is 0 Å². The zero-order valence-corrected chi connectivity index (χ0v) is 14.7. The van der Waals surface area contributed by atoms with Crippen LogP contribution in [0.4, 0.5) is 0 Å². The molecule has 0 N–H and O–H groups in total. The Morgan fingerprint density at radius 2 is 2.00 bits per heavy atom. The van der Waals surface area contributed by atoms with Crippen molar-refractivity contribution in [3.05, 3.63) is 54.4 Å². The molecule has 1 aliphatic heterocycles. The first-order chi connectivity index (χ1) is 11.7. The number of thioether (sulfide) groups is 1. The number of hydrogen-bond acceptors (Lipinski definition) is 4. The first-order valence-corrected chi connectivity index (χ1v) is 9.09. The van der Waals surface area contributed by atoms with Crippen molar-refractivity contribution in [3.8, 4) is 0 Å². The molecule has 6 heteroatoms. The van der Waals surface area contributed by atoms with Gasteiger partial charge < -0.3 is 9.47 Å². The van der Waals surface area contributed by atoms with E-state index in [1.165, 1.54) is 11.8 Å². The molecule has 24 heavy (non-hydrogen) atoms. The Bertz CT molecular complexity index is 707. The third-order valence-corrected chi connectivity index (χ3v) is 5.40. The first kappa shape index (κ1) is 16.8. The van der Waals surface area contributed by atoms with Crippen LogP contribution in [0, 0.1) is 6.92 Å². The topological polar surface area (TPSA) is 51.0 Å². The van der Waals surface area contributed by atoms with Crippen LogP contribution in [0.15, 0.2) is 48.1 Å². The molecule has 126 valence electrons. The Kier molecular flexibility index (Phi) is 5.35. The molecule has 2 heterocycles. The van der Waals surface area contributed by atoms with Gasteiger partial charge in [-0.3, -0.25) is 4.79 Å². The minimum atomic E-state index is -0.295. The molecule has 5 nitrogen and oxygen atoms in total. The number of carbonyl (C=O) groups excluding carboxylic acids is 1. The van der Waals surface area contributed by atoms with Gasteiger partial charge >= 0.3 is 0 Å². The second-order valence-electron chi connectivity index (χ2n) is 5.87. The predicted octanol–water partition coefficient (Wildman–Crippen LogP) is 3.23. The number of likely N-dealkylation sites (tertiary alicyclic amines) is 1. The molecule has 0 spiro atoms. The molecule has 0 radical (unpaired) electrons. The molecule has 0 saturated carbocycles. The number of nitrogens with zero attached hydrogens (tertiary/aromatic N) is 4. The summed E-state index contributed by atoms with van der Waals surface area (Å²) in [6, 6.07) is 9.93. The number of aryl methyl sites for hydroxylation is 1. The van der Waals surface area contributed by atoms with Crippen LogP contribution in [-0.2, 0) is 11.3 Å². The quantitative estimate of drug-likeness (QED) is 0.597. The highest BCUT2D eigenvalue weighted by Crippen LogP contribution is 2.36. The number of rotatable bonds is 6. The van der Waals surface area contributed by atoms with Crippen LogP contribution in [0.2, 0.25) is 0 Å². The van der Waals surface area contributed by atoms with E-state index in [4.69, 9.17) is 0 Å². The minimum Gasteiger partial charge on any atom is -0.341 e. The van der Waals surface area contributed by atoms with Crippen LogP contribution >= 0.6 is 11.8 Å². The Labute approximate surface area is 146 Å². The molecule has 0 aliphatic carbocycles. The van der Waals surface area contributed by atoms with Crippen LogP contribution in [0.3, 0.4) is 0 Å². The first-order valence-electron chi connectivity index (χ1n) is 8.22. The molecule has 1 amide bonds. The lowest BCUT2D eigenvalue weighted by molar-refractivity contribution is -0.129. The molecule has 1 saturated heterocycles. The Morgan fingerprint density at radius 3 is 2.67 bits per heavy atom. The van der Waals surface area contributed by atoms with Gasteiger partial charge in [0, 0.05) is 19.6 Å². The van der Waals surface area contributed by atoms with Gasteiger partial charge in [0.15, 0.2) is 5.16 Å². The zero-order valence-electron chi connectivity index (χ0n) is 13.9. The summed E-state index contributed by atoms with van der Waals surface area (Å²) in [6.45, 7) is 8.05. The highest BCUT2D eigenvalue weighted by molar-refractivity contribution is 8.00. The molecule has 0 bridgehead atoms. The van der Waals surface area contributed by atoms with E-state index in [9.17, 15) is 4.79 Å². The van der Waals surface area contributed by atoms with Crippen molar-refractivity contribution >= 4 is 17.7 Å². The molecular formula is C18H22N4OS. The molecule has 1 atom stereocenters. The summed E-state index contributed by atoms with van der Waals surface area (Å²) in [5.41, 5.74) is 1.00. The fraction of sp³-hybridized carbons (Fsp3) is 0.389. The van der Waals surface area contributed by atoms with Crippen molar-refractivity contribution in [1.29, 1.82) is 0 Å². The van der Waals surface area contributed by atoms with Gasteiger partial charge in [-0.1, -0.05) is 48.2 Å². The number of allylic oxidation sites excluding steroid dienone is 1. The van der Waals surface area contributed by atoms with Gasteiger partial charge in [-0.05, 0) is 25.3 Å². The van der Waals surface area contributed by atoms with Crippen molar-refractivity contribution in [2.45, 2.75) is 36.7 Å². The van der Waals surface area contributed by atoms with Crippen LogP contribution in [0.1, 0.15) is 29.5 Å². The van der Waals surface area contributed by atoms with E-state index in [0.717, 1.165) is 42.5 Å². The molecular weight excluding hydrogens is 320 g/mol. The van der Waals surface area contributed by atoms with Gasteiger partial charge in [0.05, 0.1) is 0 Å². The maximum Gasteiger partial charge on any atom is 0.240 e. The van der Waals surface area contributed by atoms with E-state index in [1.807, 2.05) is 52.8 Å². The maximum absolute atomic E-state index is 13.1. The normalized spacial score (nSPS) is 15.5. The molecule has 3 rings (SSSR count). The van der Waals surface area contributed by atoms with Crippen LogP contribution in [0.25, 0.3) is 0 Å². The van der Waals surface area contributed by atoms with Gasteiger partial charge in [-0.15, -0.1) is 16.8 Å². The second-order valence-corrected chi connectivity index (χ2v) is 6.94. The minimum absolute atomic E-state index is 0.162. The molecule has 1 aromatic heterocycles. The highest BCUT2D eigenvalue weighted by atomic mass is 32.2. The van der Waals surface area contributed by atoms with Crippen molar-refractivity contribution in [1.82, 2.24) is 19.7 Å².